The quantitative estimate of drug-likeness (QED) is 0.200. The Balaban J connectivity index is 0.00000306. The molecule has 0 saturated carbocycles. The van der Waals surface area contributed by atoms with Gasteiger partial charge in [-0.25, -0.2) is 0 Å². The topological polar surface area (TPSA) is 86.2 Å². The Morgan fingerprint density at radius 1 is 1.21 bits per heavy atom. The summed E-state index contributed by atoms with van der Waals surface area (Å²) >= 11 is 0. The van der Waals surface area contributed by atoms with Gasteiger partial charge in [-0.1, -0.05) is 32.0 Å². The van der Waals surface area contributed by atoms with Crippen molar-refractivity contribution in [3.05, 3.63) is 48.2 Å². The van der Waals surface area contributed by atoms with Crippen LogP contribution in [0, 0.1) is 0 Å². The van der Waals surface area contributed by atoms with Gasteiger partial charge < -0.3 is 20.2 Å². The first kappa shape index (κ1) is 25.5. The highest BCUT2D eigenvalue weighted by molar-refractivity contribution is 14.0. The third-order valence-corrected chi connectivity index (χ3v) is 6.38. The summed E-state index contributed by atoms with van der Waals surface area (Å²) in [6.07, 6.45) is 8.27. The lowest BCUT2D eigenvalue weighted by atomic mass is 10.1. The van der Waals surface area contributed by atoms with E-state index in [1.54, 1.807) is 6.33 Å². The Morgan fingerprint density at radius 3 is 2.91 bits per heavy atom. The van der Waals surface area contributed by atoms with E-state index < -0.39 is 0 Å². The fourth-order valence-corrected chi connectivity index (χ4v) is 4.58. The van der Waals surface area contributed by atoms with Gasteiger partial charge in [-0.15, -0.1) is 34.2 Å². The fourth-order valence-electron chi connectivity index (χ4n) is 4.58. The molecule has 1 aliphatic rings. The molecule has 0 aliphatic carbocycles. The van der Waals surface area contributed by atoms with E-state index in [4.69, 9.17) is 4.99 Å². The molecule has 1 atom stereocenters. The molecule has 1 fully saturated rings. The highest BCUT2D eigenvalue weighted by Crippen LogP contribution is 2.18. The summed E-state index contributed by atoms with van der Waals surface area (Å²) in [5.41, 5.74) is 2.52. The van der Waals surface area contributed by atoms with Crippen LogP contribution in [0.1, 0.15) is 38.1 Å². The largest absolute Gasteiger partial charge is 0.361 e. The van der Waals surface area contributed by atoms with Crippen LogP contribution in [0.25, 0.3) is 10.9 Å². The smallest absolute Gasteiger partial charge is 0.191 e. The molecule has 1 saturated heterocycles. The number of aliphatic imine (C=N–C) groups is 1. The maximum absolute atomic E-state index is 4.95. The average Bonchev–Trinajstić information content (AvgIpc) is 3.56. The van der Waals surface area contributed by atoms with Crippen LogP contribution in [0.2, 0.25) is 0 Å². The first-order valence-electron chi connectivity index (χ1n) is 12.0. The summed E-state index contributed by atoms with van der Waals surface area (Å²) in [6, 6.07) is 9.02. The van der Waals surface area contributed by atoms with Crippen LogP contribution in [0.4, 0.5) is 0 Å². The first-order chi connectivity index (χ1) is 15.8. The number of hydrogen-bond acceptors (Lipinski definition) is 4. The Bertz CT molecular complexity index is 1010. The number of para-hydroxylation sites is 1. The van der Waals surface area contributed by atoms with Crippen LogP contribution in [0.5, 0.6) is 0 Å². The summed E-state index contributed by atoms with van der Waals surface area (Å²) in [6.45, 7) is 9.92. The zero-order valence-corrected chi connectivity index (χ0v) is 22.1. The van der Waals surface area contributed by atoms with Crippen molar-refractivity contribution >= 4 is 40.8 Å². The maximum Gasteiger partial charge on any atom is 0.191 e. The number of benzene rings is 1. The van der Waals surface area contributed by atoms with E-state index in [9.17, 15) is 0 Å². The van der Waals surface area contributed by atoms with Crippen molar-refractivity contribution in [3.8, 4) is 0 Å². The van der Waals surface area contributed by atoms with Crippen molar-refractivity contribution in [3.63, 3.8) is 0 Å². The molecule has 3 heterocycles. The molecule has 0 radical (unpaired) electrons. The van der Waals surface area contributed by atoms with Gasteiger partial charge in [-0.05, 0) is 44.0 Å². The second-order valence-electron chi connectivity index (χ2n) is 8.37. The van der Waals surface area contributed by atoms with Crippen LogP contribution in [0.3, 0.4) is 0 Å². The summed E-state index contributed by atoms with van der Waals surface area (Å²) < 4.78 is 2.10. The molecule has 3 N–H and O–H groups in total. The van der Waals surface area contributed by atoms with Crippen LogP contribution < -0.4 is 10.6 Å². The van der Waals surface area contributed by atoms with Gasteiger partial charge in [-0.3, -0.25) is 9.89 Å². The summed E-state index contributed by atoms with van der Waals surface area (Å²) in [7, 11) is 0. The Morgan fingerprint density at radius 2 is 2.06 bits per heavy atom. The van der Waals surface area contributed by atoms with Crippen LogP contribution in [0.15, 0.2) is 41.8 Å². The van der Waals surface area contributed by atoms with E-state index in [2.05, 4.69) is 79.6 Å². The van der Waals surface area contributed by atoms with Gasteiger partial charge in [0.1, 0.15) is 12.2 Å². The monoisotopic (exact) mass is 564 g/mol. The Hall–Kier alpha value is -2.14. The lowest BCUT2D eigenvalue weighted by Gasteiger charge is -2.21. The number of nitrogens with zero attached hydrogens (tertiary/aromatic N) is 5. The first-order valence-corrected chi connectivity index (χ1v) is 12.0. The van der Waals surface area contributed by atoms with Crippen molar-refractivity contribution in [2.45, 2.75) is 52.1 Å². The molecular weight excluding hydrogens is 527 g/mol. The predicted octanol–water partition coefficient (Wildman–Crippen LogP) is 3.20. The predicted molar refractivity (Wildman–Crippen MR) is 145 cm³/mol. The van der Waals surface area contributed by atoms with E-state index >= 15 is 0 Å². The number of aromatic amines is 1. The number of likely N-dealkylation sites (N-methyl/N-ethyl adjacent to an activating group) is 1. The molecule has 1 unspecified atom stereocenters. The summed E-state index contributed by atoms with van der Waals surface area (Å²) in [5, 5.41) is 16.6. The molecule has 1 aliphatic heterocycles. The molecule has 180 valence electrons. The lowest BCUT2D eigenvalue weighted by Crippen LogP contribution is -2.41. The maximum atomic E-state index is 4.95. The zero-order valence-electron chi connectivity index (χ0n) is 19.8. The summed E-state index contributed by atoms with van der Waals surface area (Å²) in [5.74, 6) is 1.90. The molecule has 0 bridgehead atoms. The number of likely N-dealkylation sites (tertiary alicyclic amines) is 1. The van der Waals surface area contributed by atoms with Gasteiger partial charge in [0, 0.05) is 49.2 Å². The Labute approximate surface area is 213 Å². The average molecular weight is 565 g/mol. The van der Waals surface area contributed by atoms with Gasteiger partial charge in [0.25, 0.3) is 0 Å². The molecule has 2 aromatic heterocycles. The van der Waals surface area contributed by atoms with Gasteiger partial charge in [0.2, 0.25) is 0 Å². The number of fused-ring (bicyclic) bond motifs is 1. The fraction of sp³-hybridized carbons (Fsp3) is 0.542. The molecule has 33 heavy (non-hydrogen) atoms. The molecular formula is C24H37IN8. The number of hydrogen-bond donors (Lipinski definition) is 3. The van der Waals surface area contributed by atoms with Crippen LogP contribution in [-0.2, 0) is 19.4 Å². The number of H-pyrrole nitrogens is 1. The van der Waals surface area contributed by atoms with E-state index in [1.165, 1.54) is 35.9 Å². The molecule has 8 nitrogen and oxygen atoms in total. The molecule has 3 aromatic rings. The number of aryl methyl sites for hydroxylation is 1. The number of rotatable bonds is 10. The van der Waals surface area contributed by atoms with Crippen LogP contribution >= 0.6 is 24.0 Å². The SMILES string of the molecule is CCc1nncn1CCNC(=NCC1CCCN1CC)NCCc1c[nH]c2ccccc12.I. The van der Waals surface area contributed by atoms with Crippen molar-refractivity contribution in [2.24, 2.45) is 4.99 Å². The zero-order chi connectivity index (χ0) is 22.2. The van der Waals surface area contributed by atoms with Crippen LogP contribution in [-0.4, -0.2) is 69.4 Å². The van der Waals surface area contributed by atoms with Crippen molar-refractivity contribution in [2.75, 3.05) is 32.7 Å². The third-order valence-electron chi connectivity index (χ3n) is 6.38. The molecule has 4 rings (SSSR count). The number of guanidine groups is 1. The van der Waals surface area contributed by atoms with E-state index in [0.717, 1.165) is 57.3 Å². The van der Waals surface area contributed by atoms with E-state index in [0.29, 0.717) is 6.04 Å². The van der Waals surface area contributed by atoms with E-state index in [-0.39, 0.29) is 24.0 Å². The molecule has 0 spiro atoms. The second-order valence-corrected chi connectivity index (χ2v) is 8.37. The second kappa shape index (κ2) is 12.9. The number of aromatic nitrogens is 4. The third kappa shape index (κ3) is 6.69. The van der Waals surface area contributed by atoms with Gasteiger partial charge in [0.15, 0.2) is 5.96 Å². The van der Waals surface area contributed by atoms with Gasteiger partial charge in [0.05, 0.1) is 6.54 Å². The normalized spacial score (nSPS) is 16.8. The Kier molecular flexibility index (Phi) is 9.98. The standard InChI is InChI=1S/C24H36N8.HI/c1-3-23-30-29-18-32(23)15-13-26-24(28-17-20-8-7-14-31(20)4-2)25-12-11-19-16-27-22-10-6-5-9-21(19)22;/h5-6,9-10,16,18,20,27H,3-4,7-8,11-15,17H2,1-2H3,(H2,25,26,28);1H. The molecule has 1 aromatic carbocycles. The number of nitrogens with one attached hydrogen (secondary N) is 3. The van der Waals surface area contributed by atoms with Crippen molar-refractivity contribution < 1.29 is 0 Å². The minimum atomic E-state index is 0. The highest BCUT2D eigenvalue weighted by Gasteiger charge is 2.22. The van der Waals surface area contributed by atoms with Gasteiger partial charge in [-0.2, -0.15) is 0 Å². The number of halogens is 1. The molecule has 0 amide bonds. The van der Waals surface area contributed by atoms with Gasteiger partial charge >= 0.3 is 0 Å². The minimum absolute atomic E-state index is 0. The lowest BCUT2D eigenvalue weighted by molar-refractivity contribution is 0.273. The highest BCUT2D eigenvalue weighted by atomic mass is 127. The van der Waals surface area contributed by atoms with Crippen molar-refractivity contribution in [1.82, 2.24) is 35.3 Å². The minimum Gasteiger partial charge on any atom is -0.361 e. The molecule has 9 heteroatoms. The summed E-state index contributed by atoms with van der Waals surface area (Å²) in [4.78, 5) is 10.9. The van der Waals surface area contributed by atoms with Crippen molar-refractivity contribution in [1.29, 1.82) is 0 Å². The van der Waals surface area contributed by atoms with E-state index in [1.807, 2.05) is 0 Å².